The molecule has 4 aliphatic heterocycles. The van der Waals surface area contributed by atoms with Gasteiger partial charge < -0.3 is 41.5 Å². The zero-order valence-electron chi connectivity index (χ0n) is 75.6. The number of nitrogens with two attached hydrogens (primary N) is 3. The van der Waals surface area contributed by atoms with Crippen LogP contribution in [0, 0.1) is 25.2 Å². The topological polar surface area (TPSA) is 334 Å². The summed E-state index contributed by atoms with van der Waals surface area (Å²) in [5.41, 5.74) is 30.6. The van der Waals surface area contributed by atoms with Gasteiger partial charge in [-0.15, -0.1) is 0 Å². The zero-order valence-corrected chi connectivity index (χ0v) is 86.5. The zero-order chi connectivity index (χ0) is 92.9. The molecule has 0 radical (unpaired) electrons. The van der Waals surface area contributed by atoms with Crippen molar-refractivity contribution >= 4 is 169 Å². The van der Waals surface area contributed by atoms with Gasteiger partial charge in [0, 0.05) is 138 Å². The predicted octanol–water partition coefficient (Wildman–Crippen LogP) is 19.7. The minimum atomic E-state index is -1.18. The van der Waals surface area contributed by atoms with Crippen molar-refractivity contribution in [3.8, 4) is 0 Å². The van der Waals surface area contributed by atoms with E-state index in [2.05, 4.69) is 176 Å². The molecular weight excluding hydrogens is 2020 g/mol. The number of hydrogen-bond acceptors (Lipinski definition) is 23. The van der Waals surface area contributed by atoms with Gasteiger partial charge in [-0.2, -0.15) is 0 Å². The summed E-state index contributed by atoms with van der Waals surface area (Å²) in [7, 11) is -3.45. The highest BCUT2D eigenvalue weighted by molar-refractivity contribution is 14.1. The maximum atomic E-state index is 13.1. The maximum Gasteiger partial charge on any atom is 0.410 e. The molecule has 10 aromatic heterocycles. The fraction of sp³-hybridized carbons (Fsp3) is 0.463. The Labute approximate surface area is 821 Å². The number of fused-ring (bicyclic) bond motifs is 4. The van der Waals surface area contributed by atoms with Gasteiger partial charge in [-0.25, -0.2) is 61.5 Å². The smallest absolute Gasteiger partial charge is 0.410 e. The van der Waals surface area contributed by atoms with E-state index in [-0.39, 0.29) is 66.2 Å². The van der Waals surface area contributed by atoms with E-state index in [9.17, 15) is 17.4 Å². The second-order valence-corrected chi connectivity index (χ2v) is 50.3. The van der Waals surface area contributed by atoms with Crippen LogP contribution in [0.1, 0.15) is 204 Å². The van der Waals surface area contributed by atoms with E-state index in [1.807, 2.05) is 199 Å². The highest BCUT2D eigenvalue weighted by Gasteiger charge is 2.54. The number of piperidine rings is 4. The molecule has 4 fully saturated rings. The van der Waals surface area contributed by atoms with E-state index in [0.29, 0.717) is 34.8 Å². The highest BCUT2D eigenvalue weighted by atomic mass is 127. The van der Waals surface area contributed by atoms with E-state index in [4.69, 9.17) is 45.1 Å². The number of rotatable bonds is 13. The van der Waals surface area contributed by atoms with Crippen molar-refractivity contribution in [2.24, 2.45) is 27.4 Å². The summed E-state index contributed by atoms with van der Waals surface area (Å²) in [5.74, 6) is 0.659. The number of hydrogen-bond donors (Lipinski definition) is 6. The largest absolute Gasteiger partial charge is 0.444 e. The number of likely N-dealkylation sites (tertiary alicyclic amines) is 1. The van der Waals surface area contributed by atoms with Gasteiger partial charge in [0.25, 0.3) is 0 Å². The Morgan fingerprint density at radius 2 is 0.754 bits per heavy atom. The van der Waals surface area contributed by atoms with Gasteiger partial charge in [0.1, 0.15) is 36.5 Å². The number of aromatic nitrogens is 10. The lowest BCUT2D eigenvalue weighted by Gasteiger charge is -2.44. The molecular formula is C95H117Br2Cl2IN20O5S5. The van der Waals surface area contributed by atoms with Gasteiger partial charge in [0.15, 0.2) is 0 Å². The third kappa shape index (κ3) is 23.6. The van der Waals surface area contributed by atoms with Crippen molar-refractivity contribution in [3.63, 3.8) is 0 Å². The van der Waals surface area contributed by atoms with Gasteiger partial charge in [-0.3, -0.25) is 19.9 Å². The van der Waals surface area contributed by atoms with E-state index >= 15 is 0 Å². The van der Waals surface area contributed by atoms with Crippen molar-refractivity contribution in [3.05, 3.63) is 239 Å². The molecule has 9 N–H and O–H groups in total. The van der Waals surface area contributed by atoms with Crippen molar-refractivity contribution < 1.29 is 22.2 Å². The molecule has 4 spiro atoms. The number of halogens is 5. The Kier molecular flexibility index (Phi) is 31.8. The summed E-state index contributed by atoms with van der Waals surface area (Å²) < 4.78 is 56.8. The summed E-state index contributed by atoms with van der Waals surface area (Å²) in [6.07, 6.45) is 29.7. The van der Waals surface area contributed by atoms with Crippen LogP contribution in [0.15, 0.2) is 200 Å². The number of anilines is 5. The number of ether oxygens (including phenoxy) is 1. The molecule has 4 aliphatic carbocycles. The van der Waals surface area contributed by atoms with E-state index < -0.39 is 38.6 Å². The average Bonchev–Trinajstić information content (AvgIpc) is 1.50. The van der Waals surface area contributed by atoms with Crippen LogP contribution in [-0.4, -0.2) is 146 Å². The molecule has 692 valence electrons. The minimum Gasteiger partial charge on any atom is -0.444 e. The molecule has 8 aliphatic rings. The third-order valence-electron chi connectivity index (χ3n) is 25.7. The SMILES string of the molecule is Brc1ccc(I)cn1.CC(C)(C)OC(=O)N1CCC2(CC1)Cc1ncccc1[C@H]2N[S@](=O)C(C)(C)C.CC(C)(C)[S@@](=O)N[C@@H]1c2cccnc2CC12CCN(c1ccc(Br)nc1)CC2.CC(C)(C)[S@@](=O)N[C@@H]1c2cccnc2CC12CCN(c1ccc(Sc3ccnc(N)c3Cl)nc1)CC2.Nc1nccc(Sc2ccc(N3CCC4(CC3)Cc3ncccc3[C@H]4N)cn2)c1Cl. The van der Waals surface area contributed by atoms with Crippen molar-refractivity contribution in [2.45, 2.75) is 224 Å². The van der Waals surface area contributed by atoms with Gasteiger partial charge in [0.05, 0.1) is 111 Å². The van der Waals surface area contributed by atoms with Crippen molar-refractivity contribution in [1.82, 2.24) is 68.9 Å². The third-order valence-corrected chi connectivity index (χ3v) is 35.0. The molecule has 0 unspecified atom stereocenters. The molecule has 0 aromatic carbocycles. The highest BCUT2D eigenvalue weighted by Crippen LogP contribution is 2.57. The Bertz CT molecular complexity index is 5650. The van der Waals surface area contributed by atoms with E-state index in [1.165, 1.54) is 45.9 Å². The van der Waals surface area contributed by atoms with Crippen LogP contribution >= 0.6 is 101 Å². The second-order valence-electron chi connectivity index (χ2n) is 38.6. The lowest BCUT2D eigenvalue weighted by molar-refractivity contribution is 0.00717. The molecule has 0 bridgehead atoms. The fourth-order valence-electron chi connectivity index (χ4n) is 18.3. The first kappa shape index (κ1) is 99.0. The first-order valence-corrected chi connectivity index (χ1v) is 52.4. The summed E-state index contributed by atoms with van der Waals surface area (Å²) in [6, 6.07) is 36.6. The fourth-order valence-corrected chi connectivity index (χ4v) is 24.0. The number of carbonyl (C=O) groups is 1. The van der Waals surface area contributed by atoms with Gasteiger partial charge in [0.2, 0.25) is 0 Å². The molecule has 35 heteroatoms. The van der Waals surface area contributed by atoms with E-state index in [0.717, 1.165) is 189 Å². The van der Waals surface area contributed by atoms with Crippen LogP contribution in [0.3, 0.4) is 0 Å². The average molecular weight is 2140 g/mol. The van der Waals surface area contributed by atoms with Gasteiger partial charge >= 0.3 is 6.09 Å². The molecule has 18 rings (SSSR count). The van der Waals surface area contributed by atoms with E-state index in [1.54, 1.807) is 17.3 Å². The molecule has 130 heavy (non-hydrogen) atoms. The van der Waals surface area contributed by atoms with Crippen LogP contribution in [0.4, 0.5) is 33.5 Å². The summed E-state index contributed by atoms with van der Waals surface area (Å²) >= 11 is 24.3. The number of pyridine rings is 10. The monoisotopic (exact) mass is 2130 g/mol. The summed E-state index contributed by atoms with van der Waals surface area (Å²) in [6.45, 7) is 30.7. The van der Waals surface area contributed by atoms with Gasteiger partial charge in [-0.1, -0.05) is 71.0 Å². The molecule has 14 heterocycles. The number of amides is 1. The number of nitrogens with zero attached hydrogens (tertiary/aromatic N) is 14. The van der Waals surface area contributed by atoms with Crippen LogP contribution in [0.2, 0.25) is 10.0 Å². The molecule has 10 aromatic rings. The molecule has 4 saturated heterocycles. The first-order valence-electron chi connectivity index (χ1n) is 43.9. The second kappa shape index (κ2) is 41.7. The predicted molar refractivity (Wildman–Crippen MR) is 542 cm³/mol. The minimum absolute atomic E-state index is 0.00927. The summed E-state index contributed by atoms with van der Waals surface area (Å²) in [5, 5.41) is 2.65. The van der Waals surface area contributed by atoms with Crippen molar-refractivity contribution in [1.29, 1.82) is 0 Å². The Balaban J connectivity index is 0.000000136. The maximum absolute atomic E-state index is 13.1. The molecule has 25 nitrogen and oxygen atoms in total. The van der Waals surface area contributed by atoms with Crippen LogP contribution in [0.25, 0.3) is 0 Å². The normalized spacial score (nSPS) is 20.4. The first-order chi connectivity index (χ1) is 61.7. The number of carbonyl (C=O) groups excluding carboxylic acids is 1. The number of nitrogen functional groups attached to an aromatic ring is 2. The lowest BCUT2D eigenvalue weighted by atomic mass is 9.73. The quantitative estimate of drug-likeness (QED) is 0.0461. The molecule has 1 amide bonds. The molecule has 7 atom stereocenters. The standard InChI is InChI=1S/C26H31ClN6OS2.C22H23ClN6S.C21H27BrN4OS.C21H33N3O3S.C5H3BrIN/c1-25(2,3)36(34)32-23-18-5-4-11-29-19(18)15-26(23)9-13-33(14-10-26)17-6-7-21(31-16-17)35-20-8-12-30-24(28)22(20)27;23-19-17(5-9-27-21(19)25)30-18-4-3-14(13-28-18)29-10-6-22(7-11-29)12-16-15(20(22)24)2-1-8-26-16;1-20(2,3)28(27)25-19-16-5-4-10-23-17(16)13-21(19)8-11-26(12-9-21)15-6-7-18(22)24-14-15;1-19(2,3)27-18(25)24-12-9-21(10-13-24)14-16-15(8-7-11-22-16)17(21)23-28(26)20(4,5)6;6-5-2-1-4(7)3-8-5/h4-8,11-12,16,23,32H,9-10,13-15H2,1-3H3,(H2,28,30);1-5,8-9,13,20H,6-7,10-12,24H2,(H2,25,27);4-7,10,14,19,25H,8-9,11-13H2,1-3H3;7-8,11,17,23H,9-10,12-14H2,1-6H3;1-3H/t23-,36-;20-;19-,28-;17-,28-;/m1111./s1. The van der Waals surface area contributed by atoms with Crippen LogP contribution in [-0.2, 0) is 63.4 Å². The van der Waals surface area contributed by atoms with Crippen LogP contribution in [0.5, 0.6) is 0 Å². The Morgan fingerprint density at radius 1 is 0.431 bits per heavy atom. The van der Waals surface area contributed by atoms with Crippen molar-refractivity contribution in [2.75, 3.05) is 78.5 Å². The summed E-state index contributed by atoms with van der Waals surface area (Å²) in [4.78, 5) is 67.3. The number of nitrogens with one attached hydrogen (secondary N) is 3. The van der Waals surface area contributed by atoms with Crippen LogP contribution < -0.4 is 46.1 Å². The van der Waals surface area contributed by atoms with Gasteiger partial charge in [-0.05, 0) is 343 Å². The molecule has 0 saturated carbocycles. The Hall–Kier alpha value is -6.97. The lowest BCUT2D eigenvalue weighted by Crippen LogP contribution is -2.49. The Morgan fingerprint density at radius 3 is 1.07 bits per heavy atom.